The molecule has 3 heterocycles. The largest absolute Gasteiger partial charge is 0.358 e. The second kappa shape index (κ2) is 7.75. The van der Waals surface area contributed by atoms with Crippen molar-refractivity contribution < 1.29 is 9.59 Å². The van der Waals surface area contributed by atoms with Crippen molar-refractivity contribution in [1.29, 1.82) is 0 Å². The quantitative estimate of drug-likeness (QED) is 0.723. The minimum atomic E-state index is -0.0396. The molecule has 6 heteroatoms. The summed E-state index contributed by atoms with van der Waals surface area (Å²) in [7, 11) is 3.48. The lowest BCUT2D eigenvalue weighted by Gasteiger charge is -2.12. The highest BCUT2D eigenvalue weighted by Gasteiger charge is 2.20. The zero-order chi connectivity index (χ0) is 20.4. The molecule has 0 fully saturated rings. The van der Waals surface area contributed by atoms with Crippen LogP contribution in [0.2, 0.25) is 0 Å². The van der Waals surface area contributed by atoms with Gasteiger partial charge in [0.15, 0.2) is 0 Å². The fourth-order valence-corrected chi connectivity index (χ4v) is 3.41. The Morgan fingerprint density at radius 3 is 2.76 bits per heavy atom. The van der Waals surface area contributed by atoms with Crippen LogP contribution >= 0.6 is 0 Å². The van der Waals surface area contributed by atoms with Crippen LogP contribution in [0.5, 0.6) is 0 Å². The summed E-state index contributed by atoms with van der Waals surface area (Å²) in [5.41, 5.74) is 5.78. The van der Waals surface area contributed by atoms with Crippen molar-refractivity contribution in [3.8, 4) is 11.3 Å². The number of carbonyl (C=O) groups is 2. The molecule has 0 spiro atoms. The Morgan fingerprint density at radius 1 is 1.14 bits per heavy atom. The number of H-pyrrole nitrogens is 1. The molecule has 0 saturated carbocycles. The summed E-state index contributed by atoms with van der Waals surface area (Å²) in [6.07, 6.45) is 6.33. The smallest absolute Gasteiger partial charge is 0.253 e. The number of amides is 2. The summed E-state index contributed by atoms with van der Waals surface area (Å²) in [5.74, 6) is -0.0766. The summed E-state index contributed by atoms with van der Waals surface area (Å²) in [4.78, 5) is 33.7. The van der Waals surface area contributed by atoms with Crippen LogP contribution in [0.4, 0.5) is 0 Å². The molecular formula is C23H22N4O2. The van der Waals surface area contributed by atoms with Gasteiger partial charge in [0, 0.05) is 55.8 Å². The van der Waals surface area contributed by atoms with E-state index in [9.17, 15) is 9.59 Å². The van der Waals surface area contributed by atoms with Crippen molar-refractivity contribution in [2.45, 2.75) is 6.42 Å². The Bertz CT molecular complexity index is 1110. The lowest BCUT2D eigenvalue weighted by molar-refractivity contribution is 0.0827. The molecular weight excluding hydrogens is 364 g/mol. The van der Waals surface area contributed by atoms with Gasteiger partial charge < -0.3 is 15.2 Å². The van der Waals surface area contributed by atoms with Crippen LogP contribution in [0.25, 0.3) is 23.4 Å². The zero-order valence-electron chi connectivity index (χ0n) is 16.4. The van der Waals surface area contributed by atoms with Crippen molar-refractivity contribution in [2.24, 2.45) is 0 Å². The molecule has 6 nitrogen and oxygen atoms in total. The number of hydrogen-bond acceptors (Lipinski definition) is 3. The molecule has 146 valence electrons. The first-order valence-corrected chi connectivity index (χ1v) is 9.48. The SMILES string of the molecule is CN(C)C(=O)c1ccccc1C=Cc1cc(-c2cc3c([nH]2)CCNC3=O)ccn1. The lowest BCUT2D eigenvalue weighted by Crippen LogP contribution is -2.31. The first kappa shape index (κ1) is 18.7. The topological polar surface area (TPSA) is 78.1 Å². The van der Waals surface area contributed by atoms with Gasteiger partial charge in [0.1, 0.15) is 0 Å². The lowest BCUT2D eigenvalue weighted by atomic mass is 10.1. The first-order valence-electron chi connectivity index (χ1n) is 9.48. The predicted octanol–water partition coefficient (Wildman–Crippen LogP) is 3.23. The highest BCUT2D eigenvalue weighted by atomic mass is 16.2. The molecule has 2 aromatic heterocycles. The van der Waals surface area contributed by atoms with Crippen LogP contribution in [0.15, 0.2) is 48.7 Å². The Balaban J connectivity index is 1.63. The minimum absolute atomic E-state index is 0.0370. The molecule has 0 unspecified atom stereocenters. The van der Waals surface area contributed by atoms with Crippen LogP contribution in [-0.2, 0) is 6.42 Å². The van der Waals surface area contributed by atoms with Gasteiger partial charge in [-0.05, 0) is 35.9 Å². The van der Waals surface area contributed by atoms with E-state index >= 15 is 0 Å². The molecule has 0 saturated heterocycles. The monoisotopic (exact) mass is 386 g/mol. The molecule has 3 aromatic rings. The van der Waals surface area contributed by atoms with E-state index in [-0.39, 0.29) is 11.8 Å². The summed E-state index contributed by atoms with van der Waals surface area (Å²) in [6.45, 7) is 0.654. The van der Waals surface area contributed by atoms with Gasteiger partial charge in [-0.3, -0.25) is 14.6 Å². The normalized spacial score (nSPS) is 13.2. The molecule has 0 aliphatic carbocycles. The number of aromatic amines is 1. The van der Waals surface area contributed by atoms with E-state index in [1.807, 2.05) is 54.6 Å². The molecule has 1 aromatic carbocycles. The average molecular weight is 386 g/mol. The number of aromatic nitrogens is 2. The Labute approximate surface area is 169 Å². The number of rotatable bonds is 4. The van der Waals surface area contributed by atoms with Crippen LogP contribution in [0, 0.1) is 0 Å². The van der Waals surface area contributed by atoms with Crippen LogP contribution in [-0.4, -0.2) is 47.3 Å². The van der Waals surface area contributed by atoms with Crippen molar-refractivity contribution in [1.82, 2.24) is 20.2 Å². The number of fused-ring (bicyclic) bond motifs is 1. The second-order valence-electron chi connectivity index (χ2n) is 7.17. The number of nitrogens with one attached hydrogen (secondary N) is 2. The standard InChI is InChI=1S/C23H22N4O2/c1-27(2)23(29)18-6-4-3-5-15(18)7-8-17-13-16(9-11-24-17)21-14-19-20(26-21)10-12-25-22(19)28/h3-9,11,13-14,26H,10,12H2,1-2H3,(H,25,28). The molecule has 0 atom stereocenters. The molecule has 0 bridgehead atoms. The Kier molecular flexibility index (Phi) is 4.99. The maximum Gasteiger partial charge on any atom is 0.253 e. The maximum absolute atomic E-state index is 12.4. The van der Waals surface area contributed by atoms with E-state index < -0.39 is 0 Å². The van der Waals surface area contributed by atoms with Crippen molar-refractivity contribution in [3.63, 3.8) is 0 Å². The first-order chi connectivity index (χ1) is 14.0. The fraction of sp³-hybridized carbons (Fsp3) is 0.174. The molecule has 29 heavy (non-hydrogen) atoms. The molecule has 2 amide bonds. The number of carbonyl (C=O) groups excluding carboxylic acids is 2. The number of hydrogen-bond donors (Lipinski definition) is 2. The second-order valence-corrected chi connectivity index (χ2v) is 7.17. The van der Waals surface area contributed by atoms with Crippen LogP contribution in [0.1, 0.15) is 37.7 Å². The van der Waals surface area contributed by atoms with E-state index in [1.54, 1.807) is 25.2 Å². The van der Waals surface area contributed by atoms with Crippen LogP contribution < -0.4 is 5.32 Å². The van der Waals surface area contributed by atoms with E-state index in [1.165, 1.54) is 0 Å². The van der Waals surface area contributed by atoms with Crippen molar-refractivity contribution >= 4 is 24.0 Å². The van der Waals surface area contributed by atoms with Gasteiger partial charge in [-0.25, -0.2) is 0 Å². The molecule has 2 N–H and O–H groups in total. The van der Waals surface area contributed by atoms with Gasteiger partial charge in [-0.2, -0.15) is 0 Å². The zero-order valence-corrected chi connectivity index (χ0v) is 16.4. The maximum atomic E-state index is 12.4. The van der Waals surface area contributed by atoms with Gasteiger partial charge >= 0.3 is 0 Å². The summed E-state index contributed by atoms with van der Waals surface area (Å²) >= 11 is 0. The van der Waals surface area contributed by atoms with Crippen molar-refractivity contribution in [2.75, 3.05) is 20.6 Å². The Morgan fingerprint density at radius 2 is 1.97 bits per heavy atom. The molecule has 1 aliphatic rings. The minimum Gasteiger partial charge on any atom is -0.358 e. The third kappa shape index (κ3) is 3.82. The number of pyridine rings is 1. The third-order valence-electron chi connectivity index (χ3n) is 4.93. The predicted molar refractivity (Wildman–Crippen MR) is 113 cm³/mol. The highest BCUT2D eigenvalue weighted by molar-refractivity contribution is 5.99. The van der Waals surface area contributed by atoms with Gasteiger partial charge in [0.25, 0.3) is 11.8 Å². The fourth-order valence-electron chi connectivity index (χ4n) is 3.41. The van der Waals surface area contributed by atoms with Crippen molar-refractivity contribution in [3.05, 3.63) is 76.7 Å². The number of nitrogens with zero attached hydrogens (tertiary/aromatic N) is 2. The van der Waals surface area contributed by atoms with E-state index in [0.29, 0.717) is 17.7 Å². The van der Waals surface area contributed by atoms with E-state index in [2.05, 4.69) is 15.3 Å². The molecule has 0 radical (unpaired) electrons. The average Bonchev–Trinajstić information content (AvgIpc) is 3.18. The number of benzene rings is 1. The van der Waals surface area contributed by atoms with E-state index in [0.717, 1.165) is 34.6 Å². The van der Waals surface area contributed by atoms with Gasteiger partial charge in [0.05, 0.1) is 11.3 Å². The highest BCUT2D eigenvalue weighted by Crippen LogP contribution is 2.25. The van der Waals surface area contributed by atoms with Gasteiger partial charge in [-0.1, -0.05) is 24.3 Å². The van der Waals surface area contributed by atoms with Gasteiger partial charge in [0.2, 0.25) is 0 Å². The molecule has 4 rings (SSSR count). The van der Waals surface area contributed by atoms with E-state index in [4.69, 9.17) is 0 Å². The summed E-state index contributed by atoms with van der Waals surface area (Å²) < 4.78 is 0. The molecule has 1 aliphatic heterocycles. The third-order valence-corrected chi connectivity index (χ3v) is 4.93. The Hall–Kier alpha value is -3.67. The van der Waals surface area contributed by atoms with Gasteiger partial charge in [-0.15, -0.1) is 0 Å². The van der Waals surface area contributed by atoms with Crippen LogP contribution in [0.3, 0.4) is 0 Å². The summed E-state index contributed by atoms with van der Waals surface area (Å²) in [5, 5.41) is 2.86. The summed E-state index contributed by atoms with van der Waals surface area (Å²) in [6, 6.07) is 13.3.